The zero-order chi connectivity index (χ0) is 26.1. The zero-order valence-electron chi connectivity index (χ0n) is 19.6. The molecule has 0 radical (unpaired) electrons. The van der Waals surface area contributed by atoms with Crippen LogP contribution in [0.15, 0.2) is 84.1 Å². The maximum absolute atomic E-state index is 13.4. The molecule has 0 aliphatic carbocycles. The van der Waals surface area contributed by atoms with Crippen molar-refractivity contribution in [2.24, 2.45) is 0 Å². The van der Waals surface area contributed by atoms with E-state index >= 15 is 0 Å². The normalized spacial score (nSPS) is 15.8. The molecule has 0 fully saturated rings. The van der Waals surface area contributed by atoms with Crippen LogP contribution in [0.25, 0.3) is 16.3 Å². The van der Waals surface area contributed by atoms with Crippen LogP contribution >= 0.6 is 22.9 Å². The number of amides is 1. The molecule has 1 aliphatic rings. The van der Waals surface area contributed by atoms with Gasteiger partial charge >= 0.3 is 0 Å². The minimum Gasteiger partial charge on any atom is -0.504 e. The van der Waals surface area contributed by atoms with Crippen molar-refractivity contribution in [1.29, 1.82) is 0 Å². The molecule has 7 nitrogen and oxygen atoms in total. The first-order valence-corrected chi connectivity index (χ1v) is 12.6. The molecule has 0 spiro atoms. The Morgan fingerprint density at radius 3 is 2.68 bits per heavy atom. The number of allylic oxidation sites excluding steroid dienone is 1. The van der Waals surface area contributed by atoms with Crippen molar-refractivity contribution in [2.45, 2.75) is 13.0 Å². The average molecular weight is 533 g/mol. The van der Waals surface area contributed by atoms with E-state index in [1.54, 1.807) is 43.3 Å². The lowest BCUT2D eigenvalue weighted by atomic mass is 9.95. The van der Waals surface area contributed by atoms with Crippen molar-refractivity contribution in [2.75, 3.05) is 11.5 Å². The Balaban J connectivity index is 1.63. The Bertz CT molecular complexity index is 1580. The molecule has 0 saturated carbocycles. The maximum atomic E-state index is 13.4. The minimum atomic E-state index is -1.00. The van der Waals surface area contributed by atoms with Crippen LogP contribution in [0.1, 0.15) is 24.1 Å². The van der Waals surface area contributed by atoms with Gasteiger partial charge in [-0.1, -0.05) is 65.4 Å². The molecule has 4 aromatic rings. The number of aromatic nitrogens is 1. The number of carbonyl (C=O) groups is 2. The standard InChI is InChI=1S/C28H21ClN2O5S/c1-2-36-22-14-17(9-13-20(22)32)25-24(21(33)12-8-16-6-4-3-5-7-16)26(34)27(35)31(25)28-30-19-11-10-18(29)15-23(19)37-28/h3-15,25,32,34H,2H2,1H3. The SMILES string of the molecule is CCOc1cc(C2C(C(=O)C=Cc3ccccc3)=C(O)C(=O)N2c2nc3ccc(Cl)cc3s2)ccc1O. The summed E-state index contributed by atoms with van der Waals surface area (Å²) in [5.41, 5.74) is 1.79. The fourth-order valence-corrected chi connectivity index (χ4v) is 5.43. The highest BCUT2D eigenvalue weighted by molar-refractivity contribution is 7.22. The number of phenolic OH excluding ortho intramolecular Hbond substituents is 1. The van der Waals surface area contributed by atoms with Crippen LogP contribution in [0.5, 0.6) is 11.5 Å². The second-order valence-electron chi connectivity index (χ2n) is 8.22. The summed E-state index contributed by atoms with van der Waals surface area (Å²) in [5.74, 6) is -1.83. The van der Waals surface area contributed by atoms with Crippen LogP contribution in [0.4, 0.5) is 5.13 Å². The molecular formula is C28H21ClN2O5S. The molecule has 1 unspecified atom stereocenters. The van der Waals surface area contributed by atoms with Gasteiger partial charge in [0.25, 0.3) is 5.91 Å². The molecule has 1 atom stereocenters. The maximum Gasteiger partial charge on any atom is 0.296 e. The predicted molar refractivity (Wildman–Crippen MR) is 144 cm³/mol. The number of aromatic hydroxyl groups is 1. The molecule has 186 valence electrons. The highest BCUT2D eigenvalue weighted by atomic mass is 35.5. The fourth-order valence-electron chi connectivity index (χ4n) is 4.16. The molecule has 0 bridgehead atoms. The number of anilines is 1. The largest absolute Gasteiger partial charge is 0.504 e. The number of thiazole rings is 1. The number of ether oxygens (including phenoxy) is 1. The molecule has 3 aromatic carbocycles. The lowest BCUT2D eigenvalue weighted by molar-refractivity contribution is -0.117. The number of ketones is 1. The van der Waals surface area contributed by atoms with E-state index in [1.807, 2.05) is 30.3 Å². The molecule has 0 saturated heterocycles. The molecule has 1 aliphatic heterocycles. The third kappa shape index (κ3) is 4.69. The highest BCUT2D eigenvalue weighted by Gasteiger charge is 2.45. The molecule has 2 N–H and O–H groups in total. The molecule has 1 amide bonds. The van der Waals surface area contributed by atoms with Gasteiger partial charge in [-0.3, -0.25) is 14.5 Å². The van der Waals surface area contributed by atoms with E-state index in [0.29, 0.717) is 27.8 Å². The molecular weight excluding hydrogens is 512 g/mol. The van der Waals surface area contributed by atoms with Crippen LogP contribution in [-0.2, 0) is 9.59 Å². The Morgan fingerprint density at radius 1 is 1.14 bits per heavy atom. The van der Waals surface area contributed by atoms with Crippen LogP contribution in [-0.4, -0.2) is 33.5 Å². The molecule has 2 heterocycles. The Labute approximate surface area is 221 Å². The van der Waals surface area contributed by atoms with Crippen LogP contribution < -0.4 is 9.64 Å². The summed E-state index contributed by atoms with van der Waals surface area (Å²) < 4.78 is 6.28. The lowest BCUT2D eigenvalue weighted by Crippen LogP contribution is -2.30. The van der Waals surface area contributed by atoms with Crippen molar-refractivity contribution >= 4 is 56.1 Å². The summed E-state index contributed by atoms with van der Waals surface area (Å²) in [5, 5.41) is 22.0. The van der Waals surface area contributed by atoms with Gasteiger partial charge in [-0.2, -0.15) is 0 Å². The summed E-state index contributed by atoms with van der Waals surface area (Å²) in [6.45, 7) is 2.08. The third-order valence-electron chi connectivity index (χ3n) is 5.85. The van der Waals surface area contributed by atoms with Crippen LogP contribution in [0.2, 0.25) is 5.02 Å². The van der Waals surface area contributed by atoms with E-state index in [0.717, 1.165) is 10.3 Å². The zero-order valence-corrected chi connectivity index (χ0v) is 21.2. The molecule has 9 heteroatoms. The molecule has 5 rings (SSSR count). The second-order valence-corrected chi connectivity index (χ2v) is 9.66. The molecule has 37 heavy (non-hydrogen) atoms. The predicted octanol–water partition coefficient (Wildman–Crippen LogP) is 6.24. The Kier molecular flexibility index (Phi) is 6.69. The first-order chi connectivity index (χ1) is 17.9. The summed E-state index contributed by atoms with van der Waals surface area (Å²) in [7, 11) is 0. The van der Waals surface area contributed by atoms with Gasteiger partial charge in [0.15, 0.2) is 28.2 Å². The number of nitrogens with zero attached hydrogens (tertiary/aromatic N) is 2. The summed E-state index contributed by atoms with van der Waals surface area (Å²) in [6, 6.07) is 18.0. The number of fused-ring (bicyclic) bond motifs is 1. The van der Waals surface area contributed by atoms with Gasteiger partial charge in [0.05, 0.1) is 28.4 Å². The number of carbonyl (C=O) groups excluding carboxylic acids is 2. The van der Waals surface area contributed by atoms with Crippen molar-refractivity contribution in [3.8, 4) is 11.5 Å². The topological polar surface area (TPSA) is 100.0 Å². The van der Waals surface area contributed by atoms with Gasteiger partial charge in [-0.15, -0.1) is 0 Å². The number of phenols is 1. The third-order valence-corrected chi connectivity index (χ3v) is 7.10. The first-order valence-electron chi connectivity index (χ1n) is 11.4. The summed E-state index contributed by atoms with van der Waals surface area (Å²) >= 11 is 7.35. The van der Waals surface area contributed by atoms with Gasteiger partial charge < -0.3 is 14.9 Å². The number of aliphatic hydroxyl groups is 1. The van der Waals surface area contributed by atoms with E-state index in [-0.39, 0.29) is 17.1 Å². The van der Waals surface area contributed by atoms with Crippen LogP contribution in [0, 0.1) is 0 Å². The summed E-state index contributed by atoms with van der Waals surface area (Å²) in [4.78, 5) is 32.7. The first kappa shape index (κ1) is 24.5. The number of rotatable bonds is 7. The molecule has 1 aromatic heterocycles. The number of aliphatic hydroxyl groups excluding tert-OH is 1. The van der Waals surface area contributed by atoms with Gasteiger partial charge in [0, 0.05) is 5.02 Å². The minimum absolute atomic E-state index is 0.0823. The van der Waals surface area contributed by atoms with Gasteiger partial charge in [-0.25, -0.2) is 4.98 Å². The average Bonchev–Trinajstić information content (AvgIpc) is 3.42. The van der Waals surface area contributed by atoms with Crippen molar-refractivity contribution in [1.82, 2.24) is 4.98 Å². The monoisotopic (exact) mass is 532 g/mol. The van der Waals surface area contributed by atoms with E-state index in [1.165, 1.54) is 28.4 Å². The fraction of sp³-hybridized carbons (Fsp3) is 0.107. The van der Waals surface area contributed by atoms with E-state index in [9.17, 15) is 19.8 Å². The second kappa shape index (κ2) is 10.1. The van der Waals surface area contributed by atoms with E-state index in [2.05, 4.69) is 4.98 Å². The smallest absolute Gasteiger partial charge is 0.296 e. The Hall–Kier alpha value is -4.14. The number of hydrogen-bond acceptors (Lipinski definition) is 7. The number of hydrogen-bond donors (Lipinski definition) is 2. The van der Waals surface area contributed by atoms with Crippen molar-refractivity contribution < 1.29 is 24.5 Å². The van der Waals surface area contributed by atoms with Crippen molar-refractivity contribution in [3.63, 3.8) is 0 Å². The lowest BCUT2D eigenvalue weighted by Gasteiger charge is -2.24. The van der Waals surface area contributed by atoms with Gasteiger partial charge in [0.2, 0.25) is 0 Å². The van der Waals surface area contributed by atoms with Gasteiger partial charge in [0.1, 0.15) is 0 Å². The van der Waals surface area contributed by atoms with E-state index < -0.39 is 23.5 Å². The summed E-state index contributed by atoms with van der Waals surface area (Å²) in [6.07, 6.45) is 2.95. The number of benzene rings is 3. The Morgan fingerprint density at radius 2 is 1.92 bits per heavy atom. The van der Waals surface area contributed by atoms with Crippen LogP contribution in [0.3, 0.4) is 0 Å². The highest BCUT2D eigenvalue weighted by Crippen LogP contribution is 2.45. The quantitative estimate of drug-likeness (QED) is 0.273. The number of halogens is 1. The van der Waals surface area contributed by atoms with E-state index in [4.69, 9.17) is 16.3 Å². The van der Waals surface area contributed by atoms with Gasteiger partial charge in [-0.05, 0) is 54.5 Å². The van der Waals surface area contributed by atoms with Crippen molar-refractivity contribution in [3.05, 3.63) is 100 Å².